The van der Waals surface area contributed by atoms with Gasteiger partial charge in [-0.25, -0.2) is 0 Å². The highest BCUT2D eigenvalue weighted by Crippen LogP contribution is 2.31. The number of nitrogens with zero attached hydrogens (tertiary/aromatic N) is 1. The van der Waals surface area contributed by atoms with Gasteiger partial charge in [0.25, 0.3) is 5.91 Å². The van der Waals surface area contributed by atoms with Gasteiger partial charge in [0.15, 0.2) is 11.5 Å². The second kappa shape index (κ2) is 12.0. The van der Waals surface area contributed by atoms with E-state index in [1.807, 2.05) is 13.0 Å². The predicted octanol–water partition coefficient (Wildman–Crippen LogP) is 6.53. The fourth-order valence-corrected chi connectivity index (χ4v) is 3.49. The number of anilines is 1. The number of hydrogen-bond acceptors (Lipinski definition) is 5. The summed E-state index contributed by atoms with van der Waals surface area (Å²) in [6.45, 7) is 2.60. The number of hydrogen-bond donors (Lipinski definition) is 1. The van der Waals surface area contributed by atoms with Gasteiger partial charge < -0.3 is 19.5 Å². The summed E-state index contributed by atoms with van der Waals surface area (Å²) >= 11 is 12.1. The molecule has 0 saturated carbocycles. The highest BCUT2D eigenvalue weighted by atomic mass is 35.5. The third kappa shape index (κ3) is 6.67. The maximum Gasteiger partial charge on any atom is 0.266 e. The van der Waals surface area contributed by atoms with E-state index < -0.39 is 5.91 Å². The number of benzene rings is 3. The van der Waals surface area contributed by atoms with E-state index in [2.05, 4.69) is 5.32 Å². The van der Waals surface area contributed by atoms with E-state index in [-0.39, 0.29) is 12.2 Å². The molecule has 0 radical (unpaired) electrons. The third-order valence-corrected chi connectivity index (χ3v) is 5.25. The van der Waals surface area contributed by atoms with Crippen LogP contribution in [0.2, 0.25) is 10.0 Å². The molecule has 0 aliphatic heterocycles. The topological polar surface area (TPSA) is 80.6 Å². The lowest BCUT2D eigenvalue weighted by Crippen LogP contribution is -2.13. The minimum absolute atomic E-state index is 0.0644. The number of halogens is 2. The van der Waals surface area contributed by atoms with Crippen LogP contribution in [0.25, 0.3) is 6.08 Å². The molecule has 3 aromatic carbocycles. The summed E-state index contributed by atoms with van der Waals surface area (Å²) in [5.41, 5.74) is 1.84. The number of amides is 1. The maximum atomic E-state index is 12.6. The van der Waals surface area contributed by atoms with Crippen LogP contribution in [0.4, 0.5) is 5.69 Å². The summed E-state index contributed by atoms with van der Waals surface area (Å²) < 4.78 is 16.7. The molecule has 0 saturated heterocycles. The van der Waals surface area contributed by atoms with Crippen LogP contribution in [0.15, 0.2) is 66.2 Å². The van der Waals surface area contributed by atoms with Crippen molar-refractivity contribution in [1.29, 1.82) is 5.26 Å². The molecule has 1 amide bonds. The molecule has 0 spiro atoms. The van der Waals surface area contributed by atoms with Gasteiger partial charge in [0.1, 0.15) is 24.0 Å². The van der Waals surface area contributed by atoms with Crippen molar-refractivity contribution in [2.75, 3.05) is 19.0 Å². The van der Waals surface area contributed by atoms with Crippen molar-refractivity contribution >= 4 is 40.9 Å². The molecule has 34 heavy (non-hydrogen) atoms. The van der Waals surface area contributed by atoms with Gasteiger partial charge in [0.05, 0.1) is 13.7 Å². The van der Waals surface area contributed by atoms with E-state index in [1.54, 1.807) is 60.7 Å². The SMILES string of the molecule is CCOc1cccc(NC(=O)/C(C#N)=C/c2ccc(OCc3ccc(Cl)cc3Cl)c(OC)c2)c1. The highest BCUT2D eigenvalue weighted by Gasteiger charge is 2.12. The Morgan fingerprint density at radius 3 is 2.59 bits per heavy atom. The third-order valence-electron chi connectivity index (χ3n) is 4.66. The second-order valence-corrected chi connectivity index (χ2v) is 7.86. The largest absolute Gasteiger partial charge is 0.494 e. The number of rotatable bonds is 9. The quantitative estimate of drug-likeness (QED) is 0.269. The fraction of sp³-hybridized carbons (Fsp3) is 0.154. The summed E-state index contributed by atoms with van der Waals surface area (Å²) in [6.07, 6.45) is 1.48. The van der Waals surface area contributed by atoms with Gasteiger partial charge in [-0.2, -0.15) is 5.26 Å². The van der Waals surface area contributed by atoms with E-state index in [1.165, 1.54) is 13.2 Å². The Bertz CT molecular complexity index is 1250. The molecule has 1 N–H and O–H groups in total. The fourth-order valence-electron chi connectivity index (χ4n) is 3.03. The average Bonchev–Trinajstić information content (AvgIpc) is 2.82. The lowest BCUT2D eigenvalue weighted by molar-refractivity contribution is -0.112. The number of nitrogens with one attached hydrogen (secondary N) is 1. The van der Waals surface area contributed by atoms with Crippen molar-refractivity contribution in [2.24, 2.45) is 0 Å². The van der Waals surface area contributed by atoms with Gasteiger partial charge in [0.2, 0.25) is 0 Å². The average molecular weight is 497 g/mol. The van der Waals surface area contributed by atoms with Crippen LogP contribution >= 0.6 is 23.2 Å². The van der Waals surface area contributed by atoms with Gasteiger partial charge in [-0.05, 0) is 55.0 Å². The van der Waals surface area contributed by atoms with Crippen molar-refractivity contribution in [1.82, 2.24) is 0 Å². The molecule has 3 aromatic rings. The molecule has 0 aliphatic carbocycles. The zero-order valence-corrected chi connectivity index (χ0v) is 20.1. The van der Waals surface area contributed by atoms with Crippen molar-refractivity contribution < 1.29 is 19.0 Å². The lowest BCUT2D eigenvalue weighted by Gasteiger charge is -2.12. The number of carbonyl (C=O) groups excluding carboxylic acids is 1. The Morgan fingerprint density at radius 1 is 1.06 bits per heavy atom. The molecule has 0 aliphatic rings. The number of methoxy groups -OCH3 is 1. The summed E-state index contributed by atoms with van der Waals surface area (Å²) in [7, 11) is 1.51. The zero-order valence-electron chi connectivity index (χ0n) is 18.6. The molecule has 0 bridgehead atoms. The molecule has 174 valence electrons. The molecule has 0 fully saturated rings. The Hall–Kier alpha value is -3.66. The normalized spacial score (nSPS) is 10.9. The van der Waals surface area contributed by atoms with E-state index in [9.17, 15) is 10.1 Å². The molecule has 6 nitrogen and oxygen atoms in total. The number of ether oxygens (including phenoxy) is 3. The van der Waals surface area contributed by atoms with E-state index in [0.717, 1.165) is 5.56 Å². The van der Waals surface area contributed by atoms with Crippen molar-refractivity contribution in [3.63, 3.8) is 0 Å². The molecule has 8 heteroatoms. The summed E-state index contributed by atoms with van der Waals surface area (Å²) in [6, 6.07) is 19.2. The van der Waals surface area contributed by atoms with Crippen molar-refractivity contribution in [2.45, 2.75) is 13.5 Å². The molecule has 0 unspecified atom stereocenters. The van der Waals surface area contributed by atoms with Crippen LogP contribution in [0, 0.1) is 11.3 Å². The first-order valence-corrected chi connectivity index (χ1v) is 11.1. The van der Waals surface area contributed by atoms with Crippen LogP contribution < -0.4 is 19.5 Å². The molecule has 0 aromatic heterocycles. The standard InChI is InChI=1S/C26H22Cl2N2O4/c1-3-33-22-6-4-5-21(14-22)30-26(31)19(15-29)11-17-7-10-24(25(12-17)32-2)34-16-18-8-9-20(27)13-23(18)28/h4-14H,3,16H2,1-2H3,(H,30,31)/b19-11+. The van der Waals surface area contributed by atoms with Gasteiger partial charge in [0, 0.05) is 27.4 Å². The summed E-state index contributed by atoms with van der Waals surface area (Å²) in [5, 5.41) is 13.3. The Labute approximate surface area is 208 Å². The minimum Gasteiger partial charge on any atom is -0.494 e. The van der Waals surface area contributed by atoms with E-state index >= 15 is 0 Å². The molecule has 0 heterocycles. The minimum atomic E-state index is -0.534. The smallest absolute Gasteiger partial charge is 0.266 e. The second-order valence-electron chi connectivity index (χ2n) is 7.02. The van der Waals surface area contributed by atoms with E-state index in [4.69, 9.17) is 37.4 Å². The molecule has 0 atom stereocenters. The van der Waals surface area contributed by atoms with Gasteiger partial charge in [-0.3, -0.25) is 4.79 Å². The van der Waals surface area contributed by atoms with Gasteiger partial charge in [-0.1, -0.05) is 41.4 Å². The first-order valence-electron chi connectivity index (χ1n) is 10.3. The Balaban J connectivity index is 1.75. The predicted molar refractivity (Wildman–Crippen MR) is 134 cm³/mol. The summed E-state index contributed by atoms with van der Waals surface area (Å²) in [4.78, 5) is 12.6. The lowest BCUT2D eigenvalue weighted by atomic mass is 10.1. The number of carbonyl (C=O) groups is 1. The van der Waals surface area contributed by atoms with Crippen molar-refractivity contribution in [3.05, 3.63) is 87.4 Å². The zero-order chi connectivity index (χ0) is 24.5. The summed E-state index contributed by atoms with van der Waals surface area (Å²) in [5.74, 6) is 1.03. The molecule has 3 rings (SSSR count). The molecular formula is C26H22Cl2N2O4. The number of nitriles is 1. The first-order chi connectivity index (χ1) is 16.4. The highest BCUT2D eigenvalue weighted by molar-refractivity contribution is 6.35. The van der Waals surface area contributed by atoms with Crippen LogP contribution in [0.5, 0.6) is 17.2 Å². The van der Waals surface area contributed by atoms with Gasteiger partial charge in [-0.15, -0.1) is 0 Å². The van der Waals surface area contributed by atoms with Crippen LogP contribution in [-0.4, -0.2) is 19.6 Å². The van der Waals surface area contributed by atoms with Gasteiger partial charge >= 0.3 is 0 Å². The Kier molecular flexibility index (Phi) is 8.80. The van der Waals surface area contributed by atoms with E-state index in [0.29, 0.717) is 45.2 Å². The maximum absolute atomic E-state index is 12.6. The monoisotopic (exact) mass is 496 g/mol. The van der Waals surface area contributed by atoms with Crippen LogP contribution in [-0.2, 0) is 11.4 Å². The van der Waals surface area contributed by atoms with Crippen molar-refractivity contribution in [3.8, 4) is 23.3 Å². The first kappa shape index (κ1) is 25.0. The van der Waals surface area contributed by atoms with Crippen LogP contribution in [0.1, 0.15) is 18.1 Å². The Morgan fingerprint density at radius 2 is 1.88 bits per heavy atom. The van der Waals surface area contributed by atoms with Crippen LogP contribution in [0.3, 0.4) is 0 Å². The molecular weight excluding hydrogens is 475 g/mol.